The zero-order valence-electron chi connectivity index (χ0n) is 13.0. The lowest BCUT2D eigenvalue weighted by atomic mass is 9.96. The Morgan fingerprint density at radius 2 is 1.95 bits per heavy atom. The van der Waals surface area contributed by atoms with E-state index < -0.39 is 0 Å². The molecule has 0 fully saturated rings. The molecule has 112 valence electrons. The Bertz CT molecular complexity index is 636. The summed E-state index contributed by atoms with van der Waals surface area (Å²) in [5, 5.41) is 0. The molecule has 21 heavy (non-hydrogen) atoms. The Balaban J connectivity index is 2.00. The van der Waals surface area contributed by atoms with E-state index >= 15 is 0 Å². The van der Waals surface area contributed by atoms with Gasteiger partial charge in [-0.1, -0.05) is 12.1 Å². The van der Waals surface area contributed by atoms with Crippen LogP contribution >= 0.6 is 11.3 Å². The highest BCUT2D eigenvalue weighted by Gasteiger charge is 2.21. The molecule has 1 unspecified atom stereocenters. The number of ether oxygens (including phenoxy) is 1. The van der Waals surface area contributed by atoms with Crippen LogP contribution in [0.4, 0.5) is 0 Å². The summed E-state index contributed by atoms with van der Waals surface area (Å²) in [5.41, 5.74) is 11.6. The van der Waals surface area contributed by atoms with E-state index in [-0.39, 0.29) is 6.04 Å². The fourth-order valence-electron chi connectivity index (χ4n) is 3.15. The first-order valence-electron chi connectivity index (χ1n) is 7.63. The minimum absolute atomic E-state index is 0.0881. The molecule has 2 N–H and O–H groups in total. The lowest BCUT2D eigenvalue weighted by Gasteiger charge is -2.18. The molecule has 3 heteroatoms. The summed E-state index contributed by atoms with van der Waals surface area (Å²) < 4.78 is 5.63. The van der Waals surface area contributed by atoms with Gasteiger partial charge in [0.05, 0.1) is 13.2 Å². The second-order valence-electron chi connectivity index (χ2n) is 5.91. The van der Waals surface area contributed by atoms with E-state index in [1.807, 2.05) is 11.3 Å². The van der Waals surface area contributed by atoms with E-state index in [0.29, 0.717) is 0 Å². The Morgan fingerprint density at radius 1 is 1.19 bits per heavy atom. The van der Waals surface area contributed by atoms with Gasteiger partial charge in [0.25, 0.3) is 0 Å². The summed E-state index contributed by atoms with van der Waals surface area (Å²) in [6, 6.07) is 6.48. The van der Waals surface area contributed by atoms with Crippen molar-refractivity contribution in [2.24, 2.45) is 5.73 Å². The summed E-state index contributed by atoms with van der Waals surface area (Å²) in [4.78, 5) is 2.80. The first-order chi connectivity index (χ1) is 10.1. The fourth-order valence-corrected chi connectivity index (χ4v) is 4.43. The third-order valence-corrected chi connectivity index (χ3v) is 5.89. The van der Waals surface area contributed by atoms with Crippen LogP contribution < -0.4 is 10.5 Å². The van der Waals surface area contributed by atoms with Gasteiger partial charge in [-0.3, -0.25) is 0 Å². The number of benzene rings is 1. The molecule has 0 saturated heterocycles. The molecule has 0 saturated carbocycles. The molecular weight excluding hydrogens is 278 g/mol. The van der Waals surface area contributed by atoms with Crippen LogP contribution in [-0.4, -0.2) is 7.11 Å². The topological polar surface area (TPSA) is 35.2 Å². The third kappa shape index (κ3) is 2.60. The Hall–Kier alpha value is -1.32. The van der Waals surface area contributed by atoms with Crippen LogP contribution in [0.15, 0.2) is 18.2 Å². The second-order valence-corrected chi connectivity index (χ2v) is 7.08. The Kier molecular flexibility index (Phi) is 4.05. The van der Waals surface area contributed by atoms with E-state index in [2.05, 4.69) is 32.0 Å². The molecule has 1 aliphatic rings. The van der Waals surface area contributed by atoms with Crippen LogP contribution in [0.25, 0.3) is 0 Å². The molecule has 2 nitrogen and oxygen atoms in total. The smallest absolute Gasteiger partial charge is 0.127 e. The average Bonchev–Trinajstić information content (AvgIpc) is 2.93. The van der Waals surface area contributed by atoms with Gasteiger partial charge in [-0.2, -0.15) is 0 Å². The summed E-state index contributed by atoms with van der Waals surface area (Å²) in [6.07, 6.45) is 5.06. The summed E-state index contributed by atoms with van der Waals surface area (Å²) in [5.74, 6) is 0.939. The highest BCUT2D eigenvalue weighted by atomic mass is 32.1. The van der Waals surface area contributed by atoms with Crippen LogP contribution in [0, 0.1) is 13.8 Å². The minimum Gasteiger partial charge on any atom is -0.496 e. The largest absolute Gasteiger partial charge is 0.496 e. The van der Waals surface area contributed by atoms with Gasteiger partial charge >= 0.3 is 0 Å². The normalized spacial score (nSPS) is 15.6. The molecular formula is C18H23NOS. The molecule has 1 aromatic carbocycles. The molecule has 1 atom stereocenters. The monoisotopic (exact) mass is 301 g/mol. The lowest BCUT2D eigenvalue weighted by molar-refractivity contribution is 0.404. The highest BCUT2D eigenvalue weighted by molar-refractivity contribution is 7.12. The van der Waals surface area contributed by atoms with Crippen molar-refractivity contribution in [2.45, 2.75) is 45.6 Å². The lowest BCUT2D eigenvalue weighted by Crippen LogP contribution is -2.12. The van der Waals surface area contributed by atoms with E-state index in [4.69, 9.17) is 10.5 Å². The van der Waals surface area contributed by atoms with Crippen molar-refractivity contribution in [3.05, 3.63) is 50.2 Å². The zero-order valence-corrected chi connectivity index (χ0v) is 13.8. The van der Waals surface area contributed by atoms with Gasteiger partial charge in [0.2, 0.25) is 0 Å². The van der Waals surface area contributed by atoms with Gasteiger partial charge in [0.15, 0.2) is 0 Å². The number of hydrogen-bond donors (Lipinski definition) is 1. The molecule has 1 heterocycles. The molecule has 0 amide bonds. The predicted octanol–water partition coefficient (Wildman–Crippen LogP) is 4.30. The molecule has 0 radical (unpaired) electrons. The number of aryl methyl sites for hydroxylation is 3. The second kappa shape index (κ2) is 5.82. The van der Waals surface area contributed by atoms with E-state index in [0.717, 1.165) is 11.3 Å². The van der Waals surface area contributed by atoms with Crippen molar-refractivity contribution in [1.29, 1.82) is 0 Å². The maximum absolute atomic E-state index is 6.55. The molecule has 0 aliphatic heterocycles. The van der Waals surface area contributed by atoms with E-state index in [9.17, 15) is 0 Å². The van der Waals surface area contributed by atoms with Crippen LogP contribution in [0.2, 0.25) is 0 Å². The van der Waals surface area contributed by atoms with E-state index in [1.54, 1.807) is 7.11 Å². The van der Waals surface area contributed by atoms with Gasteiger partial charge in [-0.25, -0.2) is 0 Å². The van der Waals surface area contributed by atoms with Crippen molar-refractivity contribution in [3.8, 4) is 5.75 Å². The first-order valence-corrected chi connectivity index (χ1v) is 8.44. The van der Waals surface area contributed by atoms with Gasteiger partial charge in [-0.05, 0) is 62.3 Å². The number of methoxy groups -OCH3 is 1. The zero-order chi connectivity index (χ0) is 15.0. The van der Waals surface area contributed by atoms with Crippen molar-refractivity contribution < 1.29 is 4.74 Å². The van der Waals surface area contributed by atoms with Gasteiger partial charge in [-0.15, -0.1) is 11.3 Å². The van der Waals surface area contributed by atoms with Gasteiger partial charge < -0.3 is 10.5 Å². The maximum atomic E-state index is 6.55. The molecule has 1 aromatic heterocycles. The number of nitrogens with two attached hydrogens (primary N) is 1. The maximum Gasteiger partial charge on any atom is 0.127 e. The third-order valence-electron chi connectivity index (χ3n) is 4.57. The fraction of sp³-hybridized carbons (Fsp3) is 0.444. The number of hydrogen-bond acceptors (Lipinski definition) is 3. The molecule has 2 aromatic rings. The number of thiophene rings is 1. The van der Waals surface area contributed by atoms with Crippen molar-refractivity contribution in [1.82, 2.24) is 0 Å². The summed E-state index contributed by atoms with van der Waals surface area (Å²) >= 11 is 1.89. The van der Waals surface area contributed by atoms with Crippen molar-refractivity contribution in [3.63, 3.8) is 0 Å². The SMILES string of the molecule is COc1c(C(N)c2cc3c(s2)CCCC3)ccc(C)c1C. The highest BCUT2D eigenvalue weighted by Crippen LogP contribution is 2.38. The molecule has 3 rings (SSSR count). The van der Waals surface area contributed by atoms with Crippen LogP contribution in [0.3, 0.4) is 0 Å². The minimum atomic E-state index is -0.0881. The molecule has 0 spiro atoms. The van der Waals surface area contributed by atoms with Gasteiger partial charge in [0.1, 0.15) is 5.75 Å². The molecule has 1 aliphatic carbocycles. The summed E-state index contributed by atoms with van der Waals surface area (Å²) in [7, 11) is 1.73. The Morgan fingerprint density at radius 3 is 2.67 bits per heavy atom. The van der Waals surface area contributed by atoms with Gasteiger partial charge in [0, 0.05) is 15.3 Å². The van der Waals surface area contributed by atoms with Crippen LogP contribution in [0.5, 0.6) is 5.75 Å². The first kappa shape index (κ1) is 14.6. The average molecular weight is 301 g/mol. The van der Waals surface area contributed by atoms with Crippen molar-refractivity contribution >= 4 is 11.3 Å². The standard InChI is InChI=1S/C18H23NOS/c1-11-8-9-14(18(20-3)12(11)2)17(19)16-10-13-6-4-5-7-15(13)21-16/h8-10,17H,4-7,19H2,1-3H3. The molecule has 0 bridgehead atoms. The quantitative estimate of drug-likeness (QED) is 0.917. The number of fused-ring (bicyclic) bond motifs is 1. The Labute approximate surface area is 130 Å². The van der Waals surface area contributed by atoms with E-state index in [1.165, 1.54) is 52.1 Å². The van der Waals surface area contributed by atoms with Crippen LogP contribution in [0.1, 0.15) is 50.9 Å². The predicted molar refractivity (Wildman–Crippen MR) is 89.5 cm³/mol. The van der Waals surface area contributed by atoms with Crippen LogP contribution in [-0.2, 0) is 12.8 Å². The summed E-state index contributed by atoms with van der Waals surface area (Å²) in [6.45, 7) is 4.21. The number of rotatable bonds is 3. The van der Waals surface area contributed by atoms with Crippen molar-refractivity contribution in [2.75, 3.05) is 7.11 Å².